The number of thiazole rings is 1. The monoisotopic (exact) mass is 355 g/mol. The van der Waals surface area contributed by atoms with Crippen LogP contribution in [0.1, 0.15) is 18.4 Å². The molecule has 0 saturated heterocycles. The molecule has 2 N–H and O–H groups in total. The minimum atomic E-state index is -4.45. The molecule has 1 fully saturated rings. The van der Waals surface area contributed by atoms with E-state index in [1.807, 2.05) is 0 Å². The second-order valence-electron chi connectivity index (χ2n) is 5.70. The summed E-state index contributed by atoms with van der Waals surface area (Å²) in [7, 11) is 0. The second-order valence-corrected chi connectivity index (χ2v) is 6.56. The molecule has 24 heavy (non-hydrogen) atoms. The van der Waals surface area contributed by atoms with Crippen LogP contribution in [0, 0.1) is 5.92 Å². The summed E-state index contributed by atoms with van der Waals surface area (Å²) in [5, 5.41) is 7.46. The molecule has 0 spiro atoms. The summed E-state index contributed by atoms with van der Waals surface area (Å²) in [5.74, 6) is 0.420. The molecule has 128 valence electrons. The highest BCUT2D eigenvalue weighted by atomic mass is 32.1. The van der Waals surface area contributed by atoms with Gasteiger partial charge in [0.25, 0.3) is 0 Å². The molecule has 1 aromatic carbocycles. The van der Waals surface area contributed by atoms with Gasteiger partial charge in [-0.25, -0.2) is 4.98 Å². The van der Waals surface area contributed by atoms with Crippen LogP contribution in [0.15, 0.2) is 29.6 Å². The van der Waals surface area contributed by atoms with E-state index in [1.165, 1.54) is 36.4 Å². The van der Waals surface area contributed by atoms with E-state index in [2.05, 4.69) is 15.6 Å². The molecule has 1 aromatic heterocycles. The van der Waals surface area contributed by atoms with Crippen molar-refractivity contribution < 1.29 is 18.0 Å². The van der Waals surface area contributed by atoms with Gasteiger partial charge in [-0.2, -0.15) is 13.2 Å². The molecule has 0 bridgehead atoms. The molecule has 8 heteroatoms. The standard InChI is InChI=1S/C16H16F3N3OS/c17-16(18,19)12-4-2-1-3-11(12)13-9-24-15(21-13)22-14(23)8-20-7-10-5-6-10/h1-4,9-10,20H,5-8H2,(H,21,22,23). The summed E-state index contributed by atoms with van der Waals surface area (Å²) < 4.78 is 39.2. The van der Waals surface area contributed by atoms with Gasteiger partial charge in [-0.3, -0.25) is 4.79 Å². The molecule has 2 aromatic rings. The fourth-order valence-electron chi connectivity index (χ4n) is 2.28. The summed E-state index contributed by atoms with van der Waals surface area (Å²) in [6.07, 6.45) is -2.05. The van der Waals surface area contributed by atoms with Gasteiger partial charge in [-0.1, -0.05) is 18.2 Å². The van der Waals surface area contributed by atoms with Crippen molar-refractivity contribution in [2.45, 2.75) is 19.0 Å². The van der Waals surface area contributed by atoms with Gasteiger partial charge in [-0.15, -0.1) is 11.3 Å². The van der Waals surface area contributed by atoms with Gasteiger partial charge in [0.05, 0.1) is 17.8 Å². The molecule has 0 atom stereocenters. The Hall–Kier alpha value is -1.93. The maximum atomic E-state index is 13.1. The summed E-state index contributed by atoms with van der Waals surface area (Å²) in [6, 6.07) is 5.27. The molecule has 0 aliphatic heterocycles. The van der Waals surface area contributed by atoms with Crippen molar-refractivity contribution in [3.05, 3.63) is 35.2 Å². The second kappa shape index (κ2) is 6.90. The molecule has 3 rings (SSSR count). The molecule has 0 radical (unpaired) electrons. The Morgan fingerprint density at radius 3 is 2.75 bits per heavy atom. The zero-order valence-corrected chi connectivity index (χ0v) is 13.5. The van der Waals surface area contributed by atoms with E-state index < -0.39 is 11.7 Å². The zero-order chi connectivity index (χ0) is 17.2. The predicted octanol–water partition coefficient (Wildman–Crippen LogP) is 3.77. The van der Waals surface area contributed by atoms with Crippen LogP contribution in [0.25, 0.3) is 11.3 Å². The highest BCUT2D eigenvalue weighted by Crippen LogP contribution is 2.37. The largest absolute Gasteiger partial charge is 0.417 e. The lowest BCUT2D eigenvalue weighted by molar-refractivity contribution is -0.137. The van der Waals surface area contributed by atoms with E-state index in [4.69, 9.17) is 0 Å². The molecular formula is C16H16F3N3OS. The number of benzene rings is 1. The van der Waals surface area contributed by atoms with Crippen molar-refractivity contribution in [3.8, 4) is 11.3 Å². The van der Waals surface area contributed by atoms with Crippen LogP contribution < -0.4 is 10.6 Å². The third-order valence-electron chi connectivity index (χ3n) is 3.67. The first-order valence-electron chi connectivity index (χ1n) is 7.56. The van der Waals surface area contributed by atoms with Crippen LogP contribution in [0.5, 0.6) is 0 Å². The number of carbonyl (C=O) groups excluding carboxylic acids is 1. The van der Waals surface area contributed by atoms with Crippen LogP contribution in [0.3, 0.4) is 0 Å². The van der Waals surface area contributed by atoms with E-state index in [0.29, 0.717) is 11.0 Å². The summed E-state index contributed by atoms with van der Waals surface area (Å²) in [6.45, 7) is 0.986. The minimum Gasteiger partial charge on any atom is -0.308 e. The number of carbonyl (C=O) groups is 1. The van der Waals surface area contributed by atoms with Crippen molar-refractivity contribution in [1.29, 1.82) is 0 Å². The van der Waals surface area contributed by atoms with Gasteiger partial charge in [0.15, 0.2) is 5.13 Å². The van der Waals surface area contributed by atoms with Gasteiger partial charge in [0.2, 0.25) is 5.91 Å². The zero-order valence-electron chi connectivity index (χ0n) is 12.7. The third-order valence-corrected chi connectivity index (χ3v) is 4.43. The molecule has 4 nitrogen and oxygen atoms in total. The van der Waals surface area contributed by atoms with E-state index in [9.17, 15) is 18.0 Å². The van der Waals surface area contributed by atoms with Gasteiger partial charge >= 0.3 is 6.18 Å². The number of anilines is 1. The fourth-order valence-corrected chi connectivity index (χ4v) is 3.01. The topological polar surface area (TPSA) is 54.0 Å². The van der Waals surface area contributed by atoms with Gasteiger partial charge in [-0.05, 0) is 31.4 Å². The lowest BCUT2D eigenvalue weighted by Crippen LogP contribution is -2.29. The van der Waals surface area contributed by atoms with Crippen molar-refractivity contribution in [2.24, 2.45) is 5.92 Å². The molecule has 1 heterocycles. The summed E-state index contributed by atoms with van der Waals surface area (Å²) >= 11 is 1.11. The van der Waals surface area contributed by atoms with Crippen LogP contribution >= 0.6 is 11.3 Å². The molecular weight excluding hydrogens is 339 g/mol. The number of nitrogens with one attached hydrogen (secondary N) is 2. The fraction of sp³-hybridized carbons (Fsp3) is 0.375. The molecule has 1 amide bonds. The maximum absolute atomic E-state index is 13.1. The number of amides is 1. The van der Waals surface area contributed by atoms with Crippen molar-refractivity contribution in [1.82, 2.24) is 10.3 Å². The van der Waals surface area contributed by atoms with Crippen LogP contribution in [0.4, 0.5) is 18.3 Å². The predicted molar refractivity (Wildman–Crippen MR) is 86.8 cm³/mol. The van der Waals surface area contributed by atoms with Gasteiger partial charge in [0.1, 0.15) is 0 Å². The lowest BCUT2D eigenvalue weighted by atomic mass is 10.1. The minimum absolute atomic E-state index is 0.00797. The van der Waals surface area contributed by atoms with Gasteiger partial charge in [0, 0.05) is 10.9 Å². The number of alkyl halides is 3. The Labute approximate surface area is 141 Å². The number of nitrogens with zero attached hydrogens (tertiary/aromatic N) is 1. The number of aromatic nitrogens is 1. The Balaban J connectivity index is 1.66. The molecule has 0 unspecified atom stereocenters. The first kappa shape index (κ1) is 16.9. The van der Waals surface area contributed by atoms with E-state index in [1.54, 1.807) is 0 Å². The number of hydrogen-bond acceptors (Lipinski definition) is 4. The van der Waals surface area contributed by atoms with Crippen molar-refractivity contribution in [3.63, 3.8) is 0 Å². The summed E-state index contributed by atoms with van der Waals surface area (Å²) in [4.78, 5) is 15.9. The molecule has 1 aliphatic carbocycles. The van der Waals surface area contributed by atoms with Crippen molar-refractivity contribution >= 4 is 22.4 Å². The van der Waals surface area contributed by atoms with E-state index >= 15 is 0 Å². The number of hydrogen-bond donors (Lipinski definition) is 2. The van der Waals surface area contributed by atoms with E-state index in [-0.39, 0.29) is 23.7 Å². The first-order valence-corrected chi connectivity index (χ1v) is 8.44. The normalized spacial score (nSPS) is 14.6. The Bertz CT molecular complexity index is 725. The average Bonchev–Trinajstić information content (AvgIpc) is 3.23. The van der Waals surface area contributed by atoms with Crippen molar-refractivity contribution in [2.75, 3.05) is 18.4 Å². The van der Waals surface area contributed by atoms with Gasteiger partial charge < -0.3 is 10.6 Å². The number of halogens is 3. The highest BCUT2D eigenvalue weighted by molar-refractivity contribution is 7.14. The van der Waals surface area contributed by atoms with Crippen LogP contribution in [0.2, 0.25) is 0 Å². The summed E-state index contributed by atoms with van der Waals surface area (Å²) in [5.41, 5.74) is -0.526. The highest BCUT2D eigenvalue weighted by Gasteiger charge is 2.33. The van der Waals surface area contributed by atoms with Crippen LogP contribution in [-0.4, -0.2) is 24.0 Å². The Morgan fingerprint density at radius 1 is 1.29 bits per heavy atom. The smallest absolute Gasteiger partial charge is 0.308 e. The quantitative estimate of drug-likeness (QED) is 0.829. The van der Waals surface area contributed by atoms with E-state index in [0.717, 1.165) is 23.9 Å². The third kappa shape index (κ3) is 4.33. The SMILES string of the molecule is O=C(CNCC1CC1)Nc1nc(-c2ccccc2C(F)(F)F)cs1. The lowest BCUT2D eigenvalue weighted by Gasteiger charge is -2.10. The molecule has 1 saturated carbocycles. The average molecular weight is 355 g/mol. The molecule has 1 aliphatic rings. The first-order chi connectivity index (χ1) is 11.4. The maximum Gasteiger partial charge on any atom is 0.417 e. The van der Waals surface area contributed by atoms with Crippen LogP contribution in [-0.2, 0) is 11.0 Å². The number of rotatable bonds is 6. The Morgan fingerprint density at radius 2 is 2.04 bits per heavy atom. The Kier molecular flexibility index (Phi) is 4.86.